The highest BCUT2D eigenvalue weighted by atomic mass is 16.5. The van der Waals surface area contributed by atoms with Crippen molar-refractivity contribution in [3.05, 3.63) is 91.9 Å². The molecule has 2 amide bonds. The molecular formula is C42H53N5O5. The molecule has 0 N–H and O–H groups in total. The highest BCUT2D eigenvalue weighted by Crippen LogP contribution is 2.39. The third-order valence-electron chi connectivity index (χ3n) is 10.8. The lowest BCUT2D eigenvalue weighted by Gasteiger charge is -2.46. The molecule has 0 spiro atoms. The molecule has 0 saturated carbocycles. The summed E-state index contributed by atoms with van der Waals surface area (Å²) in [6, 6.07) is 12.0. The van der Waals surface area contributed by atoms with Crippen molar-refractivity contribution in [1.82, 2.24) is 19.3 Å². The summed E-state index contributed by atoms with van der Waals surface area (Å²) in [5.74, 6) is 1.10. The monoisotopic (exact) mass is 707 g/mol. The molecule has 2 aliphatic rings. The molecule has 0 aliphatic carbocycles. The van der Waals surface area contributed by atoms with Gasteiger partial charge in [-0.25, -0.2) is 0 Å². The first-order chi connectivity index (χ1) is 24.4. The summed E-state index contributed by atoms with van der Waals surface area (Å²) < 4.78 is 13.4. The number of benzene rings is 2. The van der Waals surface area contributed by atoms with Crippen molar-refractivity contribution < 1.29 is 19.1 Å². The molecule has 0 radical (unpaired) electrons. The minimum absolute atomic E-state index is 0.0254. The van der Waals surface area contributed by atoms with Crippen molar-refractivity contribution >= 4 is 11.8 Å². The van der Waals surface area contributed by atoms with Crippen molar-refractivity contribution in [2.45, 2.75) is 86.5 Å². The fraction of sp³-hybridized carbons (Fsp3) is 0.476. The van der Waals surface area contributed by atoms with E-state index in [0.717, 1.165) is 33.4 Å². The third-order valence-corrected chi connectivity index (χ3v) is 10.8. The average molecular weight is 708 g/mol. The number of allylic oxidation sites excluding steroid dienone is 1. The first kappa shape index (κ1) is 38.4. The van der Waals surface area contributed by atoms with E-state index in [-0.39, 0.29) is 34.4 Å². The number of methoxy groups -OCH3 is 2. The van der Waals surface area contributed by atoms with Gasteiger partial charge < -0.3 is 23.8 Å². The second kappa shape index (κ2) is 14.6. The van der Waals surface area contributed by atoms with Crippen LogP contribution in [0.5, 0.6) is 11.5 Å². The highest BCUT2D eigenvalue weighted by Gasteiger charge is 2.43. The zero-order valence-corrected chi connectivity index (χ0v) is 32.6. The smallest absolute Gasteiger partial charge is 0.264 e. The zero-order chi connectivity index (χ0) is 38.3. The van der Waals surface area contributed by atoms with Gasteiger partial charge in [0.15, 0.2) is 0 Å². The Hall–Kier alpha value is -4.88. The molecule has 0 bridgehead atoms. The number of nitrogens with zero attached hydrogens (tertiary/aromatic N) is 5. The quantitative estimate of drug-likeness (QED) is 0.201. The predicted octanol–water partition coefficient (Wildman–Crippen LogP) is 6.25. The van der Waals surface area contributed by atoms with Gasteiger partial charge in [0.2, 0.25) is 5.91 Å². The van der Waals surface area contributed by atoms with Gasteiger partial charge in [-0.05, 0) is 86.4 Å². The van der Waals surface area contributed by atoms with Gasteiger partial charge >= 0.3 is 0 Å². The van der Waals surface area contributed by atoms with E-state index in [1.165, 1.54) is 5.56 Å². The van der Waals surface area contributed by atoms with Gasteiger partial charge in [0.1, 0.15) is 23.1 Å². The topological polar surface area (TPSA) is 108 Å². The second-order valence-electron chi connectivity index (χ2n) is 15.7. The SMILES string of the molecule is COc1cc(-c2cn(C)c(=O)c(C)c2C)cc(OC)c1CN1CCN(Cc2cccc3c2CCN(C(=O)C(C#N)=CC(C)(C)C)C3C)C(=O)C1(C)C. The molecule has 1 unspecified atom stereocenters. The summed E-state index contributed by atoms with van der Waals surface area (Å²) in [6.07, 6.45) is 4.25. The molecule has 10 nitrogen and oxygen atoms in total. The fourth-order valence-electron chi connectivity index (χ4n) is 7.63. The molecule has 2 aromatic carbocycles. The summed E-state index contributed by atoms with van der Waals surface area (Å²) in [4.78, 5) is 46.1. The van der Waals surface area contributed by atoms with Crippen molar-refractivity contribution in [3.63, 3.8) is 0 Å². The van der Waals surface area contributed by atoms with Crippen LogP contribution in [0.4, 0.5) is 0 Å². The number of carbonyl (C=O) groups is 2. The lowest BCUT2D eigenvalue weighted by Crippen LogP contribution is -2.62. The van der Waals surface area contributed by atoms with Crippen molar-refractivity contribution in [2.24, 2.45) is 12.5 Å². The molecule has 52 heavy (non-hydrogen) atoms. The number of hydrogen-bond donors (Lipinski definition) is 0. The number of aryl methyl sites for hydroxylation is 1. The van der Waals surface area contributed by atoms with Gasteiger partial charge in [0.05, 0.1) is 31.4 Å². The molecule has 2 aliphatic heterocycles. The van der Waals surface area contributed by atoms with Gasteiger partial charge in [-0.3, -0.25) is 19.3 Å². The van der Waals surface area contributed by atoms with Gasteiger partial charge in [-0.2, -0.15) is 5.26 Å². The first-order valence-electron chi connectivity index (χ1n) is 17.9. The Morgan fingerprint density at radius 2 is 1.67 bits per heavy atom. The lowest BCUT2D eigenvalue weighted by molar-refractivity contribution is -0.150. The predicted molar refractivity (Wildman–Crippen MR) is 203 cm³/mol. The Balaban J connectivity index is 1.37. The van der Waals surface area contributed by atoms with Crippen LogP contribution in [0.15, 0.2) is 53.0 Å². The minimum Gasteiger partial charge on any atom is -0.496 e. The van der Waals surface area contributed by atoms with Crippen LogP contribution in [0, 0.1) is 30.6 Å². The Morgan fingerprint density at radius 1 is 1.02 bits per heavy atom. The third kappa shape index (κ3) is 7.24. The molecule has 5 rings (SSSR count). The molecule has 3 aromatic rings. The number of fused-ring (bicyclic) bond motifs is 1. The number of piperazine rings is 1. The van der Waals surface area contributed by atoms with Gasteiger partial charge in [-0.1, -0.05) is 45.0 Å². The van der Waals surface area contributed by atoms with Crippen LogP contribution in [0.2, 0.25) is 0 Å². The normalized spacial score (nSPS) is 17.8. The lowest BCUT2D eigenvalue weighted by atomic mass is 9.88. The molecule has 3 heterocycles. The number of rotatable bonds is 8. The van der Waals surface area contributed by atoms with Crippen LogP contribution in [0.25, 0.3) is 11.1 Å². The van der Waals surface area contributed by atoms with E-state index in [1.54, 1.807) is 36.8 Å². The maximum Gasteiger partial charge on any atom is 0.264 e. The van der Waals surface area contributed by atoms with Crippen LogP contribution in [0.3, 0.4) is 0 Å². The molecule has 1 aromatic heterocycles. The highest BCUT2D eigenvalue weighted by molar-refractivity contribution is 5.97. The Kier molecular flexibility index (Phi) is 10.8. The fourth-order valence-corrected chi connectivity index (χ4v) is 7.63. The van der Waals surface area contributed by atoms with E-state index < -0.39 is 5.54 Å². The molecule has 1 saturated heterocycles. The second-order valence-corrected chi connectivity index (χ2v) is 15.7. The van der Waals surface area contributed by atoms with Crippen molar-refractivity contribution in [1.29, 1.82) is 5.26 Å². The maximum atomic E-state index is 14.2. The maximum absolute atomic E-state index is 14.2. The average Bonchev–Trinajstić information content (AvgIpc) is 3.10. The Morgan fingerprint density at radius 3 is 2.27 bits per heavy atom. The molecular weight excluding hydrogens is 654 g/mol. The van der Waals surface area contributed by atoms with E-state index in [0.29, 0.717) is 56.2 Å². The number of carbonyl (C=O) groups excluding carboxylic acids is 2. The van der Waals surface area contributed by atoms with Crippen LogP contribution in [-0.4, -0.2) is 70.5 Å². The molecule has 276 valence electrons. The van der Waals surface area contributed by atoms with Crippen LogP contribution in [0.1, 0.15) is 81.0 Å². The van der Waals surface area contributed by atoms with E-state index in [2.05, 4.69) is 23.1 Å². The number of nitriles is 1. The first-order valence-corrected chi connectivity index (χ1v) is 17.9. The molecule has 1 fully saturated rings. The van der Waals surface area contributed by atoms with E-state index in [9.17, 15) is 19.6 Å². The molecule has 1 atom stereocenters. The standard InChI is InChI=1S/C42H53N5O5/c1-26-27(2)38(48)44(9)24-34(26)30-19-36(51-10)35(37(20-30)52-11)25-46-18-17-45(40(50)42(46,7)8)23-29-13-12-14-32-28(3)47(16-15-33(29)32)39(49)31(22-43)21-41(4,5)6/h12-14,19-21,24,28H,15-18,23,25H2,1-11H3. The Bertz CT molecular complexity index is 2000. The number of pyridine rings is 1. The van der Waals surface area contributed by atoms with Gasteiger partial charge in [0, 0.05) is 57.1 Å². The molecule has 10 heteroatoms. The largest absolute Gasteiger partial charge is 0.496 e. The zero-order valence-electron chi connectivity index (χ0n) is 32.6. The number of amides is 2. The number of hydrogen-bond acceptors (Lipinski definition) is 7. The summed E-state index contributed by atoms with van der Waals surface area (Å²) in [5, 5.41) is 9.78. The van der Waals surface area contributed by atoms with Crippen LogP contribution >= 0.6 is 0 Å². The minimum atomic E-state index is -0.809. The number of ether oxygens (including phenoxy) is 2. The summed E-state index contributed by atoms with van der Waals surface area (Å²) >= 11 is 0. The summed E-state index contributed by atoms with van der Waals surface area (Å²) in [6.45, 7) is 18.3. The van der Waals surface area contributed by atoms with Gasteiger partial charge in [0.25, 0.3) is 11.5 Å². The summed E-state index contributed by atoms with van der Waals surface area (Å²) in [7, 11) is 5.02. The van der Waals surface area contributed by atoms with Gasteiger partial charge in [-0.15, -0.1) is 0 Å². The van der Waals surface area contributed by atoms with Crippen LogP contribution in [-0.2, 0) is 36.1 Å². The van der Waals surface area contributed by atoms with E-state index >= 15 is 0 Å². The van der Waals surface area contributed by atoms with E-state index in [4.69, 9.17) is 9.47 Å². The summed E-state index contributed by atoms with van der Waals surface area (Å²) in [5.41, 5.74) is 6.62. The Labute approximate surface area is 308 Å². The van der Waals surface area contributed by atoms with E-state index in [1.807, 2.05) is 84.7 Å². The van der Waals surface area contributed by atoms with Crippen molar-refractivity contribution in [2.75, 3.05) is 33.9 Å². The van der Waals surface area contributed by atoms with Crippen LogP contribution < -0.4 is 15.0 Å². The van der Waals surface area contributed by atoms with Crippen molar-refractivity contribution in [3.8, 4) is 28.7 Å². The number of aromatic nitrogens is 1.